The van der Waals surface area contributed by atoms with Crippen molar-refractivity contribution in [1.29, 1.82) is 0 Å². The molecule has 5 heteroatoms. The first-order chi connectivity index (χ1) is 12.9. The summed E-state index contributed by atoms with van der Waals surface area (Å²) in [6, 6.07) is 13.9. The quantitative estimate of drug-likeness (QED) is 0.588. The van der Waals surface area contributed by atoms with Crippen molar-refractivity contribution in [3.63, 3.8) is 0 Å². The largest absolute Gasteiger partial charge is 0.497 e. The van der Waals surface area contributed by atoms with Crippen molar-refractivity contribution in [2.75, 3.05) is 12.0 Å². The van der Waals surface area contributed by atoms with Gasteiger partial charge in [-0.25, -0.2) is 4.98 Å². The van der Waals surface area contributed by atoms with Gasteiger partial charge in [0.05, 0.1) is 7.11 Å². The van der Waals surface area contributed by atoms with Crippen LogP contribution in [0, 0.1) is 13.8 Å². The molecule has 140 valence electrons. The van der Waals surface area contributed by atoms with Crippen molar-refractivity contribution in [3.05, 3.63) is 64.7 Å². The molecule has 3 rings (SSSR count). The molecule has 1 aromatic heterocycles. The summed E-state index contributed by atoms with van der Waals surface area (Å²) in [7, 11) is 1.64. The van der Waals surface area contributed by atoms with Crippen LogP contribution in [0.25, 0.3) is 10.6 Å². The monoisotopic (exact) mass is 380 g/mol. The van der Waals surface area contributed by atoms with Crippen LogP contribution in [0.5, 0.6) is 5.75 Å². The number of nitrogens with zero attached hydrogens (tertiary/aromatic N) is 2. The molecule has 4 nitrogen and oxygen atoms in total. The number of ether oxygens (including phenoxy) is 1. The van der Waals surface area contributed by atoms with E-state index in [1.54, 1.807) is 7.11 Å². The number of hydrogen-bond acceptors (Lipinski definition) is 4. The standard InChI is InChI=1S/C22H24N2O2S/c1-14(2)24(20-12-15(3)6-7-16(20)4)22(25)19-13-27-21(23-19)17-8-10-18(26-5)11-9-17/h6-14H,1-5H3. The maximum Gasteiger partial charge on any atom is 0.278 e. The molecule has 1 heterocycles. The maximum atomic E-state index is 13.2. The number of methoxy groups -OCH3 is 1. The van der Waals surface area contributed by atoms with E-state index in [0.29, 0.717) is 5.69 Å². The SMILES string of the molecule is COc1ccc(-c2nc(C(=O)N(c3cc(C)ccc3C)C(C)C)cs2)cc1. The predicted octanol–water partition coefficient (Wildman–Crippen LogP) is 5.49. The number of thiazole rings is 1. The molecule has 0 atom stereocenters. The normalized spacial score (nSPS) is 10.9. The second-order valence-electron chi connectivity index (χ2n) is 6.83. The van der Waals surface area contributed by atoms with Gasteiger partial charge >= 0.3 is 0 Å². The summed E-state index contributed by atoms with van der Waals surface area (Å²) in [5.74, 6) is 0.724. The number of rotatable bonds is 5. The molecule has 0 fully saturated rings. The fraction of sp³-hybridized carbons (Fsp3) is 0.273. The highest BCUT2D eigenvalue weighted by molar-refractivity contribution is 7.13. The average Bonchev–Trinajstić information content (AvgIpc) is 3.14. The smallest absolute Gasteiger partial charge is 0.278 e. The van der Waals surface area contributed by atoms with Crippen LogP contribution in [0.2, 0.25) is 0 Å². The number of amides is 1. The van der Waals surface area contributed by atoms with Crippen LogP contribution in [0.15, 0.2) is 47.8 Å². The molecule has 0 aliphatic heterocycles. The first-order valence-electron chi connectivity index (χ1n) is 8.91. The molecule has 0 radical (unpaired) electrons. The molecule has 0 aliphatic rings. The van der Waals surface area contributed by atoms with Crippen molar-refractivity contribution >= 4 is 22.9 Å². The highest BCUT2D eigenvalue weighted by Crippen LogP contribution is 2.29. The van der Waals surface area contributed by atoms with E-state index in [9.17, 15) is 4.79 Å². The molecular weight excluding hydrogens is 356 g/mol. The summed E-state index contributed by atoms with van der Waals surface area (Å²) in [6.07, 6.45) is 0. The summed E-state index contributed by atoms with van der Waals surface area (Å²) in [5.41, 5.74) is 4.59. The van der Waals surface area contributed by atoms with Crippen molar-refractivity contribution < 1.29 is 9.53 Å². The van der Waals surface area contributed by atoms with E-state index in [-0.39, 0.29) is 11.9 Å². The van der Waals surface area contributed by atoms with E-state index in [0.717, 1.165) is 33.1 Å². The fourth-order valence-electron chi connectivity index (χ4n) is 2.96. The third-order valence-corrected chi connectivity index (χ3v) is 5.31. The number of hydrogen-bond donors (Lipinski definition) is 0. The highest BCUT2D eigenvalue weighted by atomic mass is 32.1. The minimum Gasteiger partial charge on any atom is -0.497 e. The van der Waals surface area contributed by atoms with E-state index in [2.05, 4.69) is 23.2 Å². The Morgan fingerprint density at radius 3 is 2.44 bits per heavy atom. The zero-order valence-electron chi connectivity index (χ0n) is 16.3. The Morgan fingerprint density at radius 2 is 1.81 bits per heavy atom. The average molecular weight is 381 g/mol. The number of aryl methyl sites for hydroxylation is 2. The van der Waals surface area contributed by atoms with E-state index in [1.807, 2.05) is 62.2 Å². The van der Waals surface area contributed by atoms with E-state index in [4.69, 9.17) is 4.74 Å². The van der Waals surface area contributed by atoms with Gasteiger partial charge in [0.15, 0.2) is 0 Å². The van der Waals surface area contributed by atoms with Gasteiger partial charge in [0.2, 0.25) is 0 Å². The van der Waals surface area contributed by atoms with Crippen molar-refractivity contribution in [2.24, 2.45) is 0 Å². The molecular formula is C22H24N2O2S. The molecule has 0 bridgehead atoms. The van der Waals surface area contributed by atoms with E-state index in [1.165, 1.54) is 11.3 Å². The molecule has 0 saturated heterocycles. The summed E-state index contributed by atoms with van der Waals surface area (Å²) in [5, 5.41) is 2.66. The topological polar surface area (TPSA) is 42.4 Å². The molecule has 0 saturated carbocycles. The number of carbonyl (C=O) groups is 1. The third kappa shape index (κ3) is 4.03. The van der Waals surface area contributed by atoms with Crippen LogP contribution in [0.3, 0.4) is 0 Å². The fourth-order valence-corrected chi connectivity index (χ4v) is 3.76. The minimum absolute atomic E-state index is 0.0316. The number of anilines is 1. The van der Waals surface area contributed by atoms with Gasteiger partial charge in [-0.15, -0.1) is 11.3 Å². The lowest BCUT2D eigenvalue weighted by molar-refractivity contribution is 0.0976. The van der Waals surface area contributed by atoms with Crippen molar-refractivity contribution in [1.82, 2.24) is 4.98 Å². The van der Waals surface area contributed by atoms with Gasteiger partial charge in [0.1, 0.15) is 16.5 Å². The molecule has 3 aromatic rings. The second kappa shape index (κ2) is 7.92. The molecule has 2 aromatic carbocycles. The second-order valence-corrected chi connectivity index (χ2v) is 7.68. The Balaban J connectivity index is 1.93. The zero-order valence-corrected chi connectivity index (χ0v) is 17.1. The Hall–Kier alpha value is -2.66. The lowest BCUT2D eigenvalue weighted by Gasteiger charge is -2.28. The first-order valence-corrected chi connectivity index (χ1v) is 9.79. The lowest BCUT2D eigenvalue weighted by Crippen LogP contribution is -2.37. The van der Waals surface area contributed by atoms with Gasteiger partial charge < -0.3 is 9.64 Å². The molecule has 0 aliphatic carbocycles. The number of carbonyl (C=O) groups excluding carboxylic acids is 1. The van der Waals surface area contributed by atoms with Gasteiger partial charge in [-0.2, -0.15) is 0 Å². The predicted molar refractivity (Wildman–Crippen MR) is 112 cm³/mol. The van der Waals surface area contributed by atoms with Crippen LogP contribution in [-0.2, 0) is 0 Å². The molecule has 27 heavy (non-hydrogen) atoms. The Morgan fingerprint density at radius 1 is 1.11 bits per heavy atom. The van der Waals surface area contributed by atoms with Gasteiger partial charge in [-0.3, -0.25) is 4.79 Å². The van der Waals surface area contributed by atoms with Crippen LogP contribution in [0.1, 0.15) is 35.5 Å². The lowest BCUT2D eigenvalue weighted by atomic mass is 10.1. The summed E-state index contributed by atoms with van der Waals surface area (Å²) < 4.78 is 5.20. The van der Waals surface area contributed by atoms with Crippen LogP contribution >= 0.6 is 11.3 Å². The molecule has 1 amide bonds. The molecule has 0 N–H and O–H groups in total. The third-order valence-electron chi connectivity index (χ3n) is 4.42. The maximum absolute atomic E-state index is 13.2. The Bertz CT molecular complexity index is 945. The minimum atomic E-state index is -0.0743. The molecule has 0 unspecified atom stereocenters. The van der Waals surface area contributed by atoms with Crippen LogP contribution in [0.4, 0.5) is 5.69 Å². The van der Waals surface area contributed by atoms with E-state index >= 15 is 0 Å². The summed E-state index contributed by atoms with van der Waals surface area (Å²) in [4.78, 5) is 19.7. The van der Waals surface area contributed by atoms with E-state index < -0.39 is 0 Å². The number of aromatic nitrogens is 1. The van der Waals surface area contributed by atoms with Crippen molar-refractivity contribution in [3.8, 4) is 16.3 Å². The summed E-state index contributed by atoms with van der Waals surface area (Å²) >= 11 is 1.48. The Kier molecular flexibility index (Phi) is 5.61. The van der Waals surface area contributed by atoms with Gasteiger partial charge in [0.25, 0.3) is 5.91 Å². The number of benzene rings is 2. The van der Waals surface area contributed by atoms with Crippen molar-refractivity contribution in [2.45, 2.75) is 33.7 Å². The summed E-state index contributed by atoms with van der Waals surface area (Å²) in [6.45, 7) is 8.12. The van der Waals surface area contributed by atoms with Crippen LogP contribution < -0.4 is 9.64 Å². The first kappa shape index (κ1) is 19.1. The van der Waals surface area contributed by atoms with Gasteiger partial charge in [-0.05, 0) is 69.2 Å². The van der Waals surface area contributed by atoms with Gasteiger partial charge in [-0.1, -0.05) is 12.1 Å². The van der Waals surface area contributed by atoms with Gasteiger partial charge in [0, 0.05) is 22.7 Å². The van der Waals surface area contributed by atoms with Crippen LogP contribution in [-0.4, -0.2) is 24.0 Å². The molecule has 0 spiro atoms. The zero-order chi connectivity index (χ0) is 19.6. The highest BCUT2D eigenvalue weighted by Gasteiger charge is 2.24. The Labute approximate surface area is 164 Å².